The SMILES string of the molecule is COc1cc(CCCC(C)C)ccc1[N+](=O)[O-]. The summed E-state index contributed by atoms with van der Waals surface area (Å²) in [5.74, 6) is 1.03. The number of rotatable bonds is 6. The third-order valence-corrected chi connectivity index (χ3v) is 2.69. The summed E-state index contributed by atoms with van der Waals surface area (Å²) >= 11 is 0. The quantitative estimate of drug-likeness (QED) is 0.561. The second kappa shape index (κ2) is 6.23. The lowest BCUT2D eigenvalue weighted by Crippen LogP contribution is -1.96. The molecule has 0 spiro atoms. The van der Waals surface area contributed by atoms with E-state index < -0.39 is 4.92 Å². The van der Waals surface area contributed by atoms with Gasteiger partial charge in [-0.3, -0.25) is 10.1 Å². The maximum absolute atomic E-state index is 10.7. The first-order valence-electron chi connectivity index (χ1n) is 5.86. The van der Waals surface area contributed by atoms with Crippen LogP contribution in [0, 0.1) is 16.0 Å². The topological polar surface area (TPSA) is 52.4 Å². The van der Waals surface area contributed by atoms with Crippen molar-refractivity contribution in [2.75, 3.05) is 7.11 Å². The minimum Gasteiger partial charge on any atom is -0.490 e. The highest BCUT2D eigenvalue weighted by molar-refractivity contribution is 5.48. The van der Waals surface area contributed by atoms with Gasteiger partial charge in [0.2, 0.25) is 0 Å². The zero-order chi connectivity index (χ0) is 12.8. The highest BCUT2D eigenvalue weighted by Gasteiger charge is 2.14. The van der Waals surface area contributed by atoms with Crippen molar-refractivity contribution in [1.82, 2.24) is 0 Å². The van der Waals surface area contributed by atoms with E-state index in [9.17, 15) is 10.1 Å². The number of aryl methyl sites for hydroxylation is 1. The van der Waals surface area contributed by atoms with Crippen LogP contribution in [0.25, 0.3) is 0 Å². The number of nitrogens with zero attached hydrogens (tertiary/aromatic N) is 1. The van der Waals surface area contributed by atoms with Gasteiger partial charge in [0.25, 0.3) is 0 Å². The second-order valence-corrected chi connectivity index (χ2v) is 4.55. The third-order valence-electron chi connectivity index (χ3n) is 2.69. The smallest absolute Gasteiger partial charge is 0.310 e. The summed E-state index contributed by atoms with van der Waals surface area (Å²) in [6.45, 7) is 4.38. The molecule has 0 heterocycles. The monoisotopic (exact) mass is 237 g/mol. The Morgan fingerprint density at radius 2 is 2.12 bits per heavy atom. The highest BCUT2D eigenvalue weighted by atomic mass is 16.6. The first kappa shape index (κ1) is 13.5. The lowest BCUT2D eigenvalue weighted by atomic mass is 10.0. The van der Waals surface area contributed by atoms with Crippen molar-refractivity contribution in [3.8, 4) is 5.75 Å². The second-order valence-electron chi connectivity index (χ2n) is 4.55. The standard InChI is InChI=1S/C13H19NO3/c1-10(2)5-4-6-11-7-8-12(14(15)16)13(9-11)17-3/h7-10H,4-6H2,1-3H3. The van der Waals surface area contributed by atoms with E-state index in [0.717, 1.165) is 18.4 Å². The molecule has 17 heavy (non-hydrogen) atoms. The average molecular weight is 237 g/mol. The summed E-state index contributed by atoms with van der Waals surface area (Å²) in [5.41, 5.74) is 1.12. The van der Waals surface area contributed by atoms with E-state index in [0.29, 0.717) is 11.7 Å². The average Bonchev–Trinajstić information content (AvgIpc) is 2.28. The number of nitro groups is 1. The molecular weight excluding hydrogens is 218 g/mol. The Morgan fingerprint density at radius 1 is 1.41 bits per heavy atom. The summed E-state index contributed by atoms with van der Waals surface area (Å²) in [6.07, 6.45) is 3.20. The minimum atomic E-state index is -0.420. The maximum atomic E-state index is 10.7. The van der Waals surface area contributed by atoms with Gasteiger partial charge < -0.3 is 4.74 Å². The summed E-state index contributed by atoms with van der Waals surface area (Å²) in [5, 5.41) is 10.7. The summed E-state index contributed by atoms with van der Waals surface area (Å²) < 4.78 is 5.03. The van der Waals surface area contributed by atoms with E-state index in [4.69, 9.17) is 4.74 Å². The van der Waals surface area contributed by atoms with Crippen LogP contribution < -0.4 is 4.74 Å². The van der Waals surface area contributed by atoms with Gasteiger partial charge in [-0.15, -0.1) is 0 Å². The lowest BCUT2D eigenvalue weighted by molar-refractivity contribution is -0.385. The molecule has 0 aliphatic heterocycles. The highest BCUT2D eigenvalue weighted by Crippen LogP contribution is 2.28. The van der Waals surface area contributed by atoms with E-state index in [1.54, 1.807) is 12.1 Å². The van der Waals surface area contributed by atoms with E-state index in [-0.39, 0.29) is 5.69 Å². The van der Waals surface area contributed by atoms with Gasteiger partial charge in [-0.2, -0.15) is 0 Å². The van der Waals surface area contributed by atoms with E-state index in [2.05, 4.69) is 13.8 Å². The molecule has 1 rings (SSSR count). The number of nitro benzene ring substituents is 1. The molecule has 0 aliphatic rings. The molecule has 94 valence electrons. The normalized spacial score (nSPS) is 10.6. The largest absolute Gasteiger partial charge is 0.490 e. The third kappa shape index (κ3) is 4.06. The molecule has 0 saturated carbocycles. The summed E-state index contributed by atoms with van der Waals surface area (Å²) in [4.78, 5) is 10.3. The van der Waals surface area contributed by atoms with Gasteiger partial charge >= 0.3 is 5.69 Å². The molecule has 1 aromatic rings. The number of benzene rings is 1. The van der Waals surface area contributed by atoms with Crippen LogP contribution in [0.3, 0.4) is 0 Å². The van der Waals surface area contributed by atoms with Crippen LogP contribution in [0.4, 0.5) is 5.69 Å². The Kier molecular flexibility index (Phi) is 4.94. The van der Waals surface area contributed by atoms with Gasteiger partial charge in [0.05, 0.1) is 12.0 Å². The van der Waals surface area contributed by atoms with Crippen molar-refractivity contribution in [2.24, 2.45) is 5.92 Å². The van der Waals surface area contributed by atoms with Gasteiger partial charge in [-0.05, 0) is 30.4 Å². The Bertz CT molecular complexity index is 388. The van der Waals surface area contributed by atoms with E-state index >= 15 is 0 Å². The van der Waals surface area contributed by atoms with E-state index in [1.807, 2.05) is 0 Å². The van der Waals surface area contributed by atoms with Crippen LogP contribution in [0.1, 0.15) is 32.3 Å². The lowest BCUT2D eigenvalue weighted by Gasteiger charge is -2.07. The molecule has 0 bridgehead atoms. The molecule has 0 amide bonds. The zero-order valence-corrected chi connectivity index (χ0v) is 10.6. The van der Waals surface area contributed by atoms with Crippen molar-refractivity contribution >= 4 is 5.69 Å². The Hall–Kier alpha value is -1.58. The fourth-order valence-electron chi connectivity index (χ4n) is 1.74. The molecule has 0 radical (unpaired) electrons. The molecule has 0 unspecified atom stereocenters. The van der Waals surface area contributed by atoms with Crippen LogP contribution in [0.15, 0.2) is 18.2 Å². The minimum absolute atomic E-state index is 0.0279. The van der Waals surface area contributed by atoms with Crippen molar-refractivity contribution in [1.29, 1.82) is 0 Å². The number of hydrogen-bond donors (Lipinski definition) is 0. The van der Waals surface area contributed by atoms with Gasteiger partial charge in [-0.1, -0.05) is 26.3 Å². The van der Waals surface area contributed by atoms with Crippen LogP contribution in [-0.4, -0.2) is 12.0 Å². The van der Waals surface area contributed by atoms with Crippen LogP contribution in [0.2, 0.25) is 0 Å². The first-order valence-corrected chi connectivity index (χ1v) is 5.86. The summed E-state index contributed by atoms with van der Waals surface area (Å²) in [7, 11) is 1.46. The Morgan fingerprint density at radius 3 is 2.65 bits per heavy atom. The van der Waals surface area contributed by atoms with Gasteiger partial charge in [0, 0.05) is 6.07 Å². The van der Waals surface area contributed by atoms with Gasteiger partial charge in [0.1, 0.15) is 0 Å². The molecule has 0 saturated heterocycles. The maximum Gasteiger partial charge on any atom is 0.310 e. The number of methoxy groups -OCH3 is 1. The van der Waals surface area contributed by atoms with Crippen molar-refractivity contribution in [3.63, 3.8) is 0 Å². The van der Waals surface area contributed by atoms with Crippen molar-refractivity contribution in [2.45, 2.75) is 33.1 Å². The molecule has 0 atom stereocenters. The molecule has 1 aromatic carbocycles. The van der Waals surface area contributed by atoms with Crippen molar-refractivity contribution in [3.05, 3.63) is 33.9 Å². The summed E-state index contributed by atoms with van der Waals surface area (Å²) in [6, 6.07) is 5.09. The van der Waals surface area contributed by atoms with Crippen LogP contribution in [-0.2, 0) is 6.42 Å². The van der Waals surface area contributed by atoms with E-state index in [1.165, 1.54) is 19.6 Å². The van der Waals surface area contributed by atoms with Crippen LogP contribution in [0.5, 0.6) is 5.75 Å². The molecule has 0 N–H and O–H groups in total. The molecule has 0 aliphatic carbocycles. The Labute approximate surface area is 102 Å². The number of ether oxygens (including phenoxy) is 1. The molecule has 0 fully saturated rings. The zero-order valence-electron chi connectivity index (χ0n) is 10.6. The first-order chi connectivity index (χ1) is 8.04. The fraction of sp³-hybridized carbons (Fsp3) is 0.538. The Balaban J connectivity index is 2.72. The number of hydrogen-bond acceptors (Lipinski definition) is 3. The van der Waals surface area contributed by atoms with Gasteiger partial charge in [0.15, 0.2) is 5.75 Å². The molecular formula is C13H19NO3. The predicted molar refractivity (Wildman–Crippen MR) is 67.4 cm³/mol. The molecule has 4 nitrogen and oxygen atoms in total. The van der Waals surface area contributed by atoms with Gasteiger partial charge in [-0.25, -0.2) is 0 Å². The van der Waals surface area contributed by atoms with Crippen molar-refractivity contribution < 1.29 is 9.66 Å². The molecule has 4 heteroatoms. The fourth-order valence-corrected chi connectivity index (χ4v) is 1.74. The molecule has 0 aromatic heterocycles. The van der Waals surface area contributed by atoms with Crippen LogP contribution >= 0.6 is 0 Å². The predicted octanol–water partition coefficient (Wildman–Crippen LogP) is 3.58.